The number of ketones is 1. The molecular weight excluding hydrogens is 220 g/mol. The molecule has 1 aliphatic heterocycles. The molecule has 1 fully saturated rings. The summed E-state index contributed by atoms with van der Waals surface area (Å²) in [5, 5.41) is 2.65. The van der Waals surface area contributed by atoms with Crippen LogP contribution in [0.2, 0.25) is 0 Å². The molecule has 98 valence electrons. The van der Waals surface area contributed by atoms with E-state index in [9.17, 15) is 9.59 Å². The van der Waals surface area contributed by atoms with Crippen LogP contribution >= 0.6 is 0 Å². The Kier molecular flexibility index (Phi) is 6.15. The molecule has 0 aromatic rings. The number of ether oxygens (including phenoxy) is 1. The summed E-state index contributed by atoms with van der Waals surface area (Å²) in [5.41, 5.74) is 0. The van der Waals surface area contributed by atoms with Gasteiger partial charge in [-0.05, 0) is 13.0 Å². The van der Waals surface area contributed by atoms with Crippen molar-refractivity contribution >= 4 is 11.7 Å². The van der Waals surface area contributed by atoms with Gasteiger partial charge in [-0.2, -0.15) is 0 Å². The summed E-state index contributed by atoms with van der Waals surface area (Å²) >= 11 is 0. The van der Waals surface area contributed by atoms with Gasteiger partial charge < -0.3 is 10.1 Å². The summed E-state index contributed by atoms with van der Waals surface area (Å²) in [6.45, 7) is 4.53. The predicted molar refractivity (Wildman–Crippen MR) is 64.8 cm³/mol. The van der Waals surface area contributed by atoms with Gasteiger partial charge >= 0.3 is 0 Å². The topological polar surface area (TPSA) is 58.6 Å². The van der Waals surface area contributed by atoms with Gasteiger partial charge in [0.15, 0.2) is 0 Å². The average molecular weight is 242 g/mol. The SMILES string of the molecule is CCC(=O)CCCN1CCOCC1C(=O)NC. The lowest BCUT2D eigenvalue weighted by molar-refractivity contribution is -0.132. The number of Topliss-reactive ketones (excluding diaryl/α,β-unsaturated/α-hetero) is 1. The van der Waals surface area contributed by atoms with Gasteiger partial charge in [0.25, 0.3) is 0 Å². The van der Waals surface area contributed by atoms with Crippen LogP contribution in [0.1, 0.15) is 26.2 Å². The van der Waals surface area contributed by atoms with Gasteiger partial charge in [-0.1, -0.05) is 6.92 Å². The molecule has 1 N–H and O–H groups in total. The van der Waals surface area contributed by atoms with E-state index in [0.29, 0.717) is 26.1 Å². The maximum absolute atomic E-state index is 11.6. The number of nitrogens with one attached hydrogen (secondary N) is 1. The second kappa shape index (κ2) is 7.40. The van der Waals surface area contributed by atoms with E-state index >= 15 is 0 Å². The Labute approximate surface area is 102 Å². The van der Waals surface area contributed by atoms with Crippen molar-refractivity contribution in [1.29, 1.82) is 0 Å². The van der Waals surface area contributed by atoms with Crippen LogP contribution in [0.15, 0.2) is 0 Å². The maximum atomic E-state index is 11.6. The van der Waals surface area contributed by atoms with Crippen molar-refractivity contribution in [3.8, 4) is 0 Å². The normalized spacial score (nSPS) is 21.2. The number of carbonyl (C=O) groups is 2. The number of hydrogen-bond donors (Lipinski definition) is 1. The fraction of sp³-hybridized carbons (Fsp3) is 0.833. The molecule has 0 aromatic carbocycles. The fourth-order valence-electron chi connectivity index (χ4n) is 1.97. The average Bonchev–Trinajstić information content (AvgIpc) is 2.38. The third kappa shape index (κ3) is 4.44. The Bertz CT molecular complexity index is 268. The number of rotatable bonds is 6. The van der Waals surface area contributed by atoms with E-state index in [1.165, 1.54) is 0 Å². The summed E-state index contributed by atoms with van der Waals surface area (Å²) < 4.78 is 5.31. The molecule has 0 bridgehead atoms. The molecule has 17 heavy (non-hydrogen) atoms. The zero-order chi connectivity index (χ0) is 12.7. The fourth-order valence-corrected chi connectivity index (χ4v) is 1.97. The molecule has 0 aliphatic carbocycles. The molecule has 5 nitrogen and oxygen atoms in total. The smallest absolute Gasteiger partial charge is 0.239 e. The molecule has 1 unspecified atom stereocenters. The second-order valence-corrected chi connectivity index (χ2v) is 4.24. The second-order valence-electron chi connectivity index (χ2n) is 4.24. The van der Waals surface area contributed by atoms with Gasteiger partial charge in [-0.15, -0.1) is 0 Å². The van der Waals surface area contributed by atoms with Crippen molar-refractivity contribution in [3.63, 3.8) is 0 Å². The number of carbonyl (C=O) groups excluding carboxylic acids is 2. The largest absolute Gasteiger partial charge is 0.378 e. The molecule has 1 heterocycles. The van der Waals surface area contributed by atoms with Gasteiger partial charge in [0.2, 0.25) is 5.91 Å². The first-order chi connectivity index (χ1) is 8.19. The third-order valence-corrected chi connectivity index (χ3v) is 3.08. The molecule has 5 heteroatoms. The van der Waals surface area contributed by atoms with Crippen LogP contribution in [0.3, 0.4) is 0 Å². The summed E-state index contributed by atoms with van der Waals surface area (Å²) in [6, 6.07) is -0.203. The van der Waals surface area contributed by atoms with Crippen molar-refractivity contribution < 1.29 is 14.3 Å². The number of amides is 1. The quantitative estimate of drug-likeness (QED) is 0.722. The molecule has 1 saturated heterocycles. The van der Waals surface area contributed by atoms with Crippen LogP contribution in [0.5, 0.6) is 0 Å². The Balaban J connectivity index is 2.37. The molecule has 0 saturated carbocycles. The standard InChI is InChI=1S/C12H22N2O3/c1-3-10(15)5-4-6-14-7-8-17-9-11(14)12(16)13-2/h11H,3-9H2,1-2H3,(H,13,16). The van der Waals surface area contributed by atoms with Crippen molar-refractivity contribution in [2.24, 2.45) is 0 Å². The van der Waals surface area contributed by atoms with Gasteiger partial charge in [0, 0.05) is 26.4 Å². The number of hydrogen-bond acceptors (Lipinski definition) is 4. The van der Waals surface area contributed by atoms with Crippen LogP contribution < -0.4 is 5.32 Å². The third-order valence-electron chi connectivity index (χ3n) is 3.08. The molecule has 0 radical (unpaired) electrons. The Morgan fingerprint density at radius 1 is 1.47 bits per heavy atom. The first-order valence-electron chi connectivity index (χ1n) is 6.24. The van der Waals surface area contributed by atoms with Gasteiger partial charge in [0.1, 0.15) is 11.8 Å². The highest BCUT2D eigenvalue weighted by Gasteiger charge is 2.28. The van der Waals surface area contributed by atoms with Crippen molar-refractivity contribution in [3.05, 3.63) is 0 Å². The van der Waals surface area contributed by atoms with Gasteiger partial charge in [0.05, 0.1) is 13.2 Å². The summed E-state index contributed by atoms with van der Waals surface area (Å²) in [6.07, 6.45) is 2.02. The van der Waals surface area contributed by atoms with Crippen LogP contribution in [0.4, 0.5) is 0 Å². The summed E-state index contributed by atoms with van der Waals surface area (Å²) in [4.78, 5) is 24.9. The first-order valence-corrected chi connectivity index (χ1v) is 6.24. The van der Waals surface area contributed by atoms with E-state index in [1.807, 2.05) is 6.92 Å². The van der Waals surface area contributed by atoms with Crippen LogP contribution in [0.25, 0.3) is 0 Å². The van der Waals surface area contributed by atoms with Crippen molar-refractivity contribution in [1.82, 2.24) is 10.2 Å². The lowest BCUT2D eigenvalue weighted by atomic mass is 10.1. The van der Waals surface area contributed by atoms with E-state index in [1.54, 1.807) is 7.05 Å². The van der Waals surface area contributed by atoms with Crippen LogP contribution in [-0.2, 0) is 14.3 Å². The van der Waals surface area contributed by atoms with E-state index in [0.717, 1.165) is 19.5 Å². The molecule has 1 amide bonds. The monoisotopic (exact) mass is 242 g/mol. The Morgan fingerprint density at radius 2 is 2.24 bits per heavy atom. The molecule has 1 aliphatic rings. The minimum Gasteiger partial charge on any atom is -0.378 e. The van der Waals surface area contributed by atoms with Gasteiger partial charge in [-0.3, -0.25) is 14.5 Å². The minimum atomic E-state index is -0.203. The summed E-state index contributed by atoms with van der Waals surface area (Å²) in [5.74, 6) is 0.279. The maximum Gasteiger partial charge on any atom is 0.239 e. The van der Waals surface area contributed by atoms with Crippen LogP contribution in [-0.4, -0.2) is 56.0 Å². The highest BCUT2D eigenvalue weighted by Crippen LogP contribution is 2.09. The lowest BCUT2D eigenvalue weighted by Gasteiger charge is -2.34. The Morgan fingerprint density at radius 3 is 2.88 bits per heavy atom. The van der Waals surface area contributed by atoms with E-state index in [4.69, 9.17) is 4.74 Å². The highest BCUT2D eigenvalue weighted by molar-refractivity contribution is 5.81. The molecule has 1 atom stereocenters. The lowest BCUT2D eigenvalue weighted by Crippen LogP contribution is -2.53. The number of likely N-dealkylation sites (N-methyl/N-ethyl adjacent to an activating group) is 1. The first kappa shape index (κ1) is 14.1. The van der Waals surface area contributed by atoms with E-state index < -0.39 is 0 Å². The minimum absolute atomic E-state index is 0.00785. The predicted octanol–water partition coefficient (Wildman–Crippen LogP) is 0.193. The highest BCUT2D eigenvalue weighted by atomic mass is 16.5. The molecule has 0 aromatic heterocycles. The van der Waals surface area contributed by atoms with E-state index in [2.05, 4.69) is 10.2 Å². The van der Waals surface area contributed by atoms with Crippen LogP contribution in [0, 0.1) is 0 Å². The zero-order valence-corrected chi connectivity index (χ0v) is 10.7. The summed E-state index contributed by atoms with van der Waals surface area (Å²) in [7, 11) is 1.63. The van der Waals surface area contributed by atoms with E-state index in [-0.39, 0.29) is 17.7 Å². The number of morpholine rings is 1. The molecular formula is C12H22N2O3. The van der Waals surface area contributed by atoms with Crippen molar-refractivity contribution in [2.75, 3.05) is 33.4 Å². The van der Waals surface area contributed by atoms with Gasteiger partial charge in [-0.25, -0.2) is 0 Å². The molecule has 1 rings (SSSR count). The molecule has 0 spiro atoms. The zero-order valence-electron chi connectivity index (χ0n) is 10.7. The van der Waals surface area contributed by atoms with Crippen molar-refractivity contribution in [2.45, 2.75) is 32.2 Å². The Hall–Kier alpha value is -0.940. The number of nitrogens with zero attached hydrogens (tertiary/aromatic N) is 1.